The molecular formula is C11H12F2N2O. The van der Waals surface area contributed by atoms with Crippen molar-refractivity contribution in [3.05, 3.63) is 47.2 Å². The molecule has 0 aromatic heterocycles. The van der Waals surface area contributed by atoms with Gasteiger partial charge in [0.05, 0.1) is 6.61 Å². The summed E-state index contributed by atoms with van der Waals surface area (Å²) < 4.78 is 32.3. The van der Waals surface area contributed by atoms with Crippen LogP contribution in [0.25, 0.3) is 0 Å². The highest BCUT2D eigenvalue weighted by molar-refractivity contribution is 5.29. The predicted molar refractivity (Wildman–Crippen MR) is 55.1 cm³/mol. The Hall–Kier alpha value is -1.46. The Morgan fingerprint density at radius 3 is 2.50 bits per heavy atom. The molecule has 0 fully saturated rings. The molecule has 0 radical (unpaired) electrons. The maximum Gasteiger partial charge on any atom is 0.131 e. The number of nitrogens with two attached hydrogens (primary N) is 1. The molecule has 0 saturated carbocycles. The highest BCUT2D eigenvalue weighted by Gasteiger charge is 2.25. The van der Waals surface area contributed by atoms with E-state index >= 15 is 0 Å². The first-order chi connectivity index (χ1) is 7.74. The summed E-state index contributed by atoms with van der Waals surface area (Å²) in [7, 11) is 0. The molecule has 86 valence electrons. The third-order valence-electron chi connectivity index (χ3n) is 2.47. The average Bonchev–Trinajstić information content (AvgIpc) is 2.77. The molecule has 0 saturated heterocycles. The minimum Gasteiger partial charge on any atom is -0.496 e. The van der Waals surface area contributed by atoms with E-state index in [-0.39, 0.29) is 5.56 Å². The van der Waals surface area contributed by atoms with E-state index < -0.39 is 17.7 Å². The van der Waals surface area contributed by atoms with Crippen molar-refractivity contribution in [3.63, 3.8) is 0 Å². The number of nitrogens with one attached hydrogen (secondary N) is 1. The monoisotopic (exact) mass is 226 g/mol. The summed E-state index contributed by atoms with van der Waals surface area (Å²) >= 11 is 0. The fraction of sp³-hybridized carbons (Fsp3) is 0.273. The Kier molecular flexibility index (Phi) is 3.17. The van der Waals surface area contributed by atoms with E-state index in [1.807, 2.05) is 0 Å². The Labute approximate surface area is 91.9 Å². The molecule has 1 aromatic rings. The van der Waals surface area contributed by atoms with E-state index in [4.69, 9.17) is 10.6 Å². The van der Waals surface area contributed by atoms with Crippen molar-refractivity contribution in [2.75, 3.05) is 6.61 Å². The van der Waals surface area contributed by atoms with E-state index in [9.17, 15) is 8.78 Å². The number of ether oxygens (including phenoxy) is 1. The van der Waals surface area contributed by atoms with Gasteiger partial charge in [-0.05, 0) is 18.2 Å². The Morgan fingerprint density at radius 1 is 1.31 bits per heavy atom. The third kappa shape index (κ3) is 1.91. The van der Waals surface area contributed by atoms with Gasteiger partial charge >= 0.3 is 0 Å². The molecule has 1 aliphatic heterocycles. The van der Waals surface area contributed by atoms with Crippen molar-refractivity contribution in [2.24, 2.45) is 5.84 Å². The summed E-state index contributed by atoms with van der Waals surface area (Å²) in [6.45, 7) is 0.517. The van der Waals surface area contributed by atoms with Gasteiger partial charge in [-0.25, -0.2) is 14.2 Å². The van der Waals surface area contributed by atoms with Gasteiger partial charge in [0, 0.05) is 12.0 Å². The second kappa shape index (κ2) is 4.59. The van der Waals surface area contributed by atoms with Crippen LogP contribution in [-0.4, -0.2) is 6.61 Å². The lowest BCUT2D eigenvalue weighted by Gasteiger charge is -2.18. The normalized spacial score (nSPS) is 16.8. The molecule has 1 atom stereocenters. The lowest BCUT2D eigenvalue weighted by Crippen LogP contribution is -2.31. The SMILES string of the molecule is NNC(C1=CCCO1)c1c(F)cccc1F. The predicted octanol–water partition coefficient (Wildman–Crippen LogP) is 1.77. The van der Waals surface area contributed by atoms with Crippen LogP contribution in [0.15, 0.2) is 30.0 Å². The summed E-state index contributed by atoms with van der Waals surface area (Å²) in [6.07, 6.45) is 2.50. The Morgan fingerprint density at radius 2 is 2.00 bits per heavy atom. The van der Waals surface area contributed by atoms with Crippen molar-refractivity contribution in [3.8, 4) is 0 Å². The molecule has 3 N–H and O–H groups in total. The lowest BCUT2D eigenvalue weighted by molar-refractivity contribution is 0.213. The van der Waals surface area contributed by atoms with Gasteiger partial charge in [-0.2, -0.15) is 0 Å². The second-order valence-electron chi connectivity index (χ2n) is 3.48. The molecule has 2 rings (SSSR count). The smallest absolute Gasteiger partial charge is 0.131 e. The molecule has 0 spiro atoms. The molecular weight excluding hydrogens is 214 g/mol. The van der Waals surface area contributed by atoms with E-state index in [0.717, 1.165) is 6.42 Å². The van der Waals surface area contributed by atoms with Crippen molar-refractivity contribution in [1.29, 1.82) is 0 Å². The second-order valence-corrected chi connectivity index (χ2v) is 3.48. The average molecular weight is 226 g/mol. The van der Waals surface area contributed by atoms with Crippen LogP contribution in [0.5, 0.6) is 0 Å². The largest absolute Gasteiger partial charge is 0.496 e. The minimum absolute atomic E-state index is 0.113. The zero-order chi connectivity index (χ0) is 11.5. The summed E-state index contributed by atoms with van der Waals surface area (Å²) in [5.74, 6) is 4.50. The van der Waals surface area contributed by atoms with Crippen molar-refractivity contribution < 1.29 is 13.5 Å². The molecule has 1 unspecified atom stereocenters. The molecule has 3 nitrogen and oxygen atoms in total. The van der Waals surface area contributed by atoms with Crippen LogP contribution in [-0.2, 0) is 4.74 Å². The Balaban J connectivity index is 2.40. The molecule has 0 amide bonds. The van der Waals surface area contributed by atoms with Gasteiger partial charge in [0.2, 0.25) is 0 Å². The van der Waals surface area contributed by atoms with Crippen LogP contribution in [0.4, 0.5) is 8.78 Å². The fourth-order valence-corrected chi connectivity index (χ4v) is 1.73. The van der Waals surface area contributed by atoms with Crippen molar-refractivity contribution in [1.82, 2.24) is 5.43 Å². The quantitative estimate of drug-likeness (QED) is 0.610. The minimum atomic E-state index is -0.774. The van der Waals surface area contributed by atoms with Crippen molar-refractivity contribution in [2.45, 2.75) is 12.5 Å². The zero-order valence-corrected chi connectivity index (χ0v) is 8.54. The van der Waals surface area contributed by atoms with Gasteiger partial charge < -0.3 is 4.74 Å². The first-order valence-corrected chi connectivity index (χ1v) is 4.97. The Bertz CT molecular complexity index is 400. The lowest BCUT2D eigenvalue weighted by atomic mass is 10.0. The van der Waals surface area contributed by atoms with E-state index in [0.29, 0.717) is 12.4 Å². The van der Waals surface area contributed by atoms with Crippen molar-refractivity contribution >= 4 is 0 Å². The summed E-state index contributed by atoms with van der Waals surface area (Å²) in [5, 5.41) is 0. The van der Waals surface area contributed by atoms with Crippen LogP contribution in [0.1, 0.15) is 18.0 Å². The number of halogens is 2. The highest BCUT2D eigenvalue weighted by atomic mass is 19.1. The van der Waals surface area contributed by atoms with Gasteiger partial charge in [0.15, 0.2) is 0 Å². The van der Waals surface area contributed by atoms with Gasteiger partial charge in [-0.15, -0.1) is 0 Å². The molecule has 0 aliphatic carbocycles. The van der Waals surface area contributed by atoms with Crippen LogP contribution in [0, 0.1) is 11.6 Å². The van der Waals surface area contributed by atoms with Gasteiger partial charge in [0.25, 0.3) is 0 Å². The topological polar surface area (TPSA) is 47.3 Å². The van der Waals surface area contributed by atoms with Crippen LogP contribution in [0.2, 0.25) is 0 Å². The summed E-state index contributed by atoms with van der Waals surface area (Å²) in [4.78, 5) is 0. The molecule has 5 heteroatoms. The van der Waals surface area contributed by atoms with Crippen LogP contribution >= 0.6 is 0 Å². The third-order valence-corrected chi connectivity index (χ3v) is 2.47. The summed E-state index contributed by atoms with van der Waals surface area (Å²) in [5.41, 5.74) is 2.26. The van der Waals surface area contributed by atoms with Gasteiger partial charge in [0.1, 0.15) is 23.4 Å². The summed E-state index contributed by atoms with van der Waals surface area (Å²) in [6, 6.07) is 2.92. The molecule has 16 heavy (non-hydrogen) atoms. The first kappa shape index (κ1) is 11.0. The number of rotatable bonds is 3. The molecule has 0 bridgehead atoms. The van der Waals surface area contributed by atoms with E-state index in [1.165, 1.54) is 18.2 Å². The molecule has 1 heterocycles. The standard InChI is InChI=1S/C11H12F2N2O/c12-7-3-1-4-8(13)10(7)11(15-14)9-5-2-6-16-9/h1,3-5,11,15H,2,6,14H2. The zero-order valence-electron chi connectivity index (χ0n) is 8.54. The maximum absolute atomic E-state index is 13.5. The first-order valence-electron chi connectivity index (χ1n) is 4.97. The van der Waals surface area contributed by atoms with Gasteiger partial charge in [-0.1, -0.05) is 6.07 Å². The number of hydrazine groups is 1. The van der Waals surface area contributed by atoms with Crippen LogP contribution in [0.3, 0.4) is 0 Å². The van der Waals surface area contributed by atoms with Gasteiger partial charge in [-0.3, -0.25) is 5.84 Å². The highest BCUT2D eigenvalue weighted by Crippen LogP contribution is 2.29. The van der Waals surface area contributed by atoms with E-state index in [2.05, 4.69) is 5.43 Å². The molecule has 1 aliphatic rings. The molecule has 1 aromatic carbocycles. The number of benzene rings is 1. The number of hydrogen-bond donors (Lipinski definition) is 2. The van der Waals surface area contributed by atoms with Crippen LogP contribution < -0.4 is 11.3 Å². The maximum atomic E-state index is 13.5. The number of hydrogen-bond acceptors (Lipinski definition) is 3. The van der Waals surface area contributed by atoms with E-state index in [1.54, 1.807) is 6.08 Å². The fourth-order valence-electron chi connectivity index (χ4n) is 1.73.